The molecule has 130 valence electrons. The first-order valence-electron chi connectivity index (χ1n) is 8.67. The molecule has 2 heterocycles. The van der Waals surface area contributed by atoms with Crippen molar-refractivity contribution in [2.24, 2.45) is 0 Å². The van der Waals surface area contributed by atoms with Crippen molar-refractivity contribution in [2.45, 2.75) is 39.5 Å². The molecule has 0 spiro atoms. The summed E-state index contributed by atoms with van der Waals surface area (Å²) in [5, 5.41) is 20.7. The number of rotatable bonds is 3. The lowest BCUT2D eigenvalue weighted by Gasteiger charge is -2.12. The molecule has 26 heavy (non-hydrogen) atoms. The normalized spacial score (nSPS) is 13.6. The molecule has 1 saturated carbocycles. The SMILES string of the molecule is Cc1nc(C(=O)Nc2ccc3n[nH]c(C4CC4)c3c2)c(C)c(C)c1C#N. The molecule has 1 aromatic carbocycles. The van der Waals surface area contributed by atoms with Crippen molar-refractivity contribution in [1.82, 2.24) is 15.2 Å². The number of carbonyl (C=O) groups is 1. The van der Waals surface area contributed by atoms with Crippen LogP contribution in [0, 0.1) is 32.1 Å². The van der Waals surface area contributed by atoms with Crippen LogP contribution in [0.25, 0.3) is 10.9 Å². The number of amides is 1. The molecule has 0 atom stereocenters. The van der Waals surface area contributed by atoms with Crippen LogP contribution in [0.15, 0.2) is 18.2 Å². The molecule has 2 N–H and O–H groups in total. The molecular formula is C20H19N5O. The van der Waals surface area contributed by atoms with E-state index in [0.717, 1.165) is 27.7 Å². The molecule has 1 aliphatic rings. The number of aromatic nitrogens is 3. The number of aryl methyl sites for hydroxylation is 1. The zero-order valence-electron chi connectivity index (χ0n) is 15.0. The average Bonchev–Trinajstić information content (AvgIpc) is 3.38. The van der Waals surface area contributed by atoms with E-state index >= 15 is 0 Å². The van der Waals surface area contributed by atoms with Crippen molar-refractivity contribution in [3.05, 3.63) is 52.0 Å². The molecule has 4 rings (SSSR count). The Kier molecular flexibility index (Phi) is 3.73. The van der Waals surface area contributed by atoms with E-state index in [1.807, 2.05) is 32.0 Å². The molecule has 2 aromatic heterocycles. The molecule has 0 aliphatic heterocycles. The van der Waals surface area contributed by atoms with Gasteiger partial charge in [0.25, 0.3) is 5.91 Å². The Hall–Kier alpha value is -3.20. The number of nitriles is 1. The van der Waals surface area contributed by atoms with E-state index < -0.39 is 0 Å². The lowest BCUT2D eigenvalue weighted by atomic mass is 10.0. The Morgan fingerprint density at radius 3 is 2.73 bits per heavy atom. The smallest absolute Gasteiger partial charge is 0.274 e. The van der Waals surface area contributed by atoms with Crippen molar-refractivity contribution in [2.75, 3.05) is 5.32 Å². The quantitative estimate of drug-likeness (QED) is 0.753. The molecule has 0 saturated heterocycles. The summed E-state index contributed by atoms with van der Waals surface area (Å²) in [4.78, 5) is 17.1. The number of hydrogen-bond acceptors (Lipinski definition) is 4. The molecule has 0 unspecified atom stereocenters. The predicted molar refractivity (Wildman–Crippen MR) is 99.2 cm³/mol. The van der Waals surface area contributed by atoms with Crippen molar-refractivity contribution < 1.29 is 4.79 Å². The number of nitrogens with one attached hydrogen (secondary N) is 2. The van der Waals surface area contributed by atoms with Crippen LogP contribution in [-0.4, -0.2) is 21.1 Å². The summed E-state index contributed by atoms with van der Waals surface area (Å²) in [7, 11) is 0. The third-order valence-electron chi connectivity index (χ3n) is 5.09. The molecule has 0 bridgehead atoms. The summed E-state index contributed by atoms with van der Waals surface area (Å²) in [5.74, 6) is 0.285. The van der Waals surface area contributed by atoms with Crippen molar-refractivity contribution >= 4 is 22.5 Å². The van der Waals surface area contributed by atoms with E-state index in [0.29, 0.717) is 28.6 Å². The molecule has 0 radical (unpaired) electrons. The minimum Gasteiger partial charge on any atom is -0.321 e. The fraction of sp³-hybridized carbons (Fsp3) is 0.300. The summed E-state index contributed by atoms with van der Waals surface area (Å²) in [6.45, 7) is 5.42. The fourth-order valence-corrected chi connectivity index (χ4v) is 3.31. The first-order valence-corrected chi connectivity index (χ1v) is 8.67. The number of H-pyrrole nitrogens is 1. The van der Waals surface area contributed by atoms with Gasteiger partial charge in [-0.1, -0.05) is 0 Å². The Bertz CT molecular complexity index is 1090. The van der Waals surface area contributed by atoms with Gasteiger partial charge in [0.15, 0.2) is 0 Å². The number of benzene rings is 1. The molecule has 6 heteroatoms. The summed E-state index contributed by atoms with van der Waals surface area (Å²) >= 11 is 0. The zero-order valence-corrected chi connectivity index (χ0v) is 15.0. The Balaban J connectivity index is 1.67. The third kappa shape index (κ3) is 2.62. The minimum atomic E-state index is -0.269. The zero-order chi connectivity index (χ0) is 18.4. The van der Waals surface area contributed by atoms with Crippen LogP contribution in [0.3, 0.4) is 0 Å². The van der Waals surface area contributed by atoms with E-state index in [1.165, 1.54) is 12.8 Å². The lowest BCUT2D eigenvalue weighted by molar-refractivity contribution is 0.102. The maximum absolute atomic E-state index is 12.8. The average molecular weight is 345 g/mol. The maximum Gasteiger partial charge on any atom is 0.274 e. The summed E-state index contributed by atoms with van der Waals surface area (Å²) in [6.07, 6.45) is 2.36. The number of pyridine rings is 1. The van der Waals surface area contributed by atoms with E-state index in [2.05, 4.69) is 26.6 Å². The molecule has 1 aliphatic carbocycles. The van der Waals surface area contributed by atoms with Crippen molar-refractivity contribution in [3.8, 4) is 6.07 Å². The predicted octanol–water partition coefficient (Wildman–Crippen LogP) is 3.88. The molecule has 1 amide bonds. The standard InChI is InChI=1S/C20H19N5O/c1-10-11(2)18(22-12(3)16(10)9-21)20(26)23-14-6-7-17-15(8-14)19(25-24-17)13-4-5-13/h6-8,13H,4-5H2,1-3H3,(H,23,26)(H,24,25). The number of carbonyl (C=O) groups excluding carboxylic acids is 1. The number of nitrogens with zero attached hydrogens (tertiary/aromatic N) is 3. The van der Waals surface area contributed by atoms with Gasteiger partial charge in [0, 0.05) is 22.7 Å². The van der Waals surface area contributed by atoms with Gasteiger partial charge in [-0.2, -0.15) is 10.4 Å². The van der Waals surface area contributed by atoms with Gasteiger partial charge in [0.2, 0.25) is 0 Å². The van der Waals surface area contributed by atoms with Crippen molar-refractivity contribution in [1.29, 1.82) is 5.26 Å². The van der Waals surface area contributed by atoms with Crippen LogP contribution in [-0.2, 0) is 0 Å². The Morgan fingerprint density at radius 1 is 1.27 bits per heavy atom. The number of aromatic amines is 1. The lowest BCUT2D eigenvalue weighted by Crippen LogP contribution is -2.17. The highest BCUT2D eigenvalue weighted by Gasteiger charge is 2.27. The minimum absolute atomic E-state index is 0.269. The van der Waals surface area contributed by atoms with Crippen LogP contribution in [0.5, 0.6) is 0 Å². The van der Waals surface area contributed by atoms with E-state index in [4.69, 9.17) is 0 Å². The largest absolute Gasteiger partial charge is 0.321 e. The highest BCUT2D eigenvalue weighted by molar-refractivity contribution is 6.05. The van der Waals surface area contributed by atoms with Gasteiger partial charge in [-0.3, -0.25) is 9.89 Å². The Labute approximate surface area is 151 Å². The molecule has 1 fully saturated rings. The maximum atomic E-state index is 12.8. The van der Waals surface area contributed by atoms with Crippen LogP contribution in [0.1, 0.15) is 57.3 Å². The van der Waals surface area contributed by atoms with Gasteiger partial charge in [0.05, 0.1) is 16.8 Å². The van der Waals surface area contributed by atoms with Gasteiger partial charge >= 0.3 is 0 Å². The highest BCUT2D eigenvalue weighted by atomic mass is 16.1. The topological polar surface area (TPSA) is 94.5 Å². The van der Waals surface area contributed by atoms with Gasteiger partial charge in [0.1, 0.15) is 11.8 Å². The van der Waals surface area contributed by atoms with Crippen LogP contribution >= 0.6 is 0 Å². The third-order valence-corrected chi connectivity index (χ3v) is 5.09. The molecule has 3 aromatic rings. The number of anilines is 1. The second-order valence-corrected chi connectivity index (χ2v) is 6.88. The number of fused-ring (bicyclic) bond motifs is 1. The first-order chi connectivity index (χ1) is 12.5. The second kappa shape index (κ2) is 5.95. The van der Waals surface area contributed by atoms with Gasteiger partial charge in [-0.15, -0.1) is 0 Å². The summed E-state index contributed by atoms with van der Waals surface area (Å²) in [6, 6.07) is 7.87. The molecular weight excluding hydrogens is 326 g/mol. The Morgan fingerprint density at radius 2 is 2.04 bits per heavy atom. The van der Waals surface area contributed by atoms with Gasteiger partial charge in [-0.25, -0.2) is 4.98 Å². The monoisotopic (exact) mass is 345 g/mol. The van der Waals surface area contributed by atoms with Crippen LogP contribution in [0.4, 0.5) is 5.69 Å². The first kappa shape index (κ1) is 16.3. The van der Waals surface area contributed by atoms with E-state index in [-0.39, 0.29) is 5.91 Å². The van der Waals surface area contributed by atoms with Crippen LogP contribution in [0.2, 0.25) is 0 Å². The van der Waals surface area contributed by atoms with E-state index in [9.17, 15) is 10.1 Å². The van der Waals surface area contributed by atoms with Gasteiger partial charge < -0.3 is 5.32 Å². The fourth-order valence-electron chi connectivity index (χ4n) is 3.31. The van der Waals surface area contributed by atoms with Crippen molar-refractivity contribution in [3.63, 3.8) is 0 Å². The van der Waals surface area contributed by atoms with Gasteiger partial charge in [-0.05, 0) is 62.9 Å². The summed E-state index contributed by atoms with van der Waals surface area (Å²) < 4.78 is 0. The van der Waals surface area contributed by atoms with E-state index in [1.54, 1.807) is 6.92 Å². The summed E-state index contributed by atoms with van der Waals surface area (Å²) in [5.41, 5.74) is 5.76. The number of hydrogen-bond donors (Lipinski definition) is 2. The molecule has 6 nitrogen and oxygen atoms in total. The second-order valence-electron chi connectivity index (χ2n) is 6.88. The highest BCUT2D eigenvalue weighted by Crippen LogP contribution is 2.42. The van der Waals surface area contributed by atoms with Crippen LogP contribution < -0.4 is 5.32 Å².